The van der Waals surface area contributed by atoms with Crippen molar-refractivity contribution in [1.29, 1.82) is 0 Å². The molecular weight excluding hydrogens is 238 g/mol. The van der Waals surface area contributed by atoms with E-state index in [1.807, 2.05) is 42.9 Å². The van der Waals surface area contributed by atoms with Crippen LogP contribution in [0.1, 0.15) is 17.0 Å². The quantitative estimate of drug-likeness (QED) is 0.778. The lowest BCUT2D eigenvalue weighted by molar-refractivity contribution is 0.919. The molecule has 0 aliphatic heterocycles. The van der Waals surface area contributed by atoms with Crippen LogP contribution in [0.4, 0.5) is 5.82 Å². The van der Waals surface area contributed by atoms with Crippen LogP contribution in [0.15, 0.2) is 36.8 Å². The van der Waals surface area contributed by atoms with Crippen molar-refractivity contribution in [3.05, 3.63) is 53.7 Å². The van der Waals surface area contributed by atoms with Gasteiger partial charge in [0.05, 0.1) is 5.69 Å². The number of hydrogen-bond acceptors (Lipinski definition) is 4. The van der Waals surface area contributed by atoms with Crippen molar-refractivity contribution in [2.24, 2.45) is 0 Å². The number of fused-ring (bicyclic) bond motifs is 1. The maximum atomic E-state index is 4.36. The fourth-order valence-corrected chi connectivity index (χ4v) is 1.97. The standard InChI is InChI=1S/C14H15N5/c1-10-3-4-12(8-16-10)9-17-14-13-7-11(2)18-19(13)6-5-15-14/h3-8H,9H2,1-2H3,(H,15,17). The zero-order valence-corrected chi connectivity index (χ0v) is 11.0. The van der Waals surface area contributed by atoms with Crippen LogP contribution in [0.3, 0.4) is 0 Å². The van der Waals surface area contributed by atoms with Gasteiger partial charge in [-0.05, 0) is 31.5 Å². The summed E-state index contributed by atoms with van der Waals surface area (Å²) in [6.07, 6.45) is 5.47. The number of hydrogen-bond donors (Lipinski definition) is 1. The first-order chi connectivity index (χ1) is 9.22. The fraction of sp³-hybridized carbons (Fsp3) is 0.214. The molecule has 1 N–H and O–H groups in total. The normalized spacial score (nSPS) is 10.8. The molecule has 0 unspecified atom stereocenters. The molecule has 0 saturated carbocycles. The van der Waals surface area contributed by atoms with Gasteiger partial charge in [-0.15, -0.1) is 0 Å². The molecule has 5 nitrogen and oxygen atoms in total. The number of pyridine rings is 1. The lowest BCUT2D eigenvalue weighted by Crippen LogP contribution is -2.03. The van der Waals surface area contributed by atoms with E-state index < -0.39 is 0 Å². The molecule has 3 rings (SSSR count). The number of aryl methyl sites for hydroxylation is 2. The minimum Gasteiger partial charge on any atom is -0.364 e. The Bertz CT molecular complexity index is 699. The summed E-state index contributed by atoms with van der Waals surface area (Å²) in [6, 6.07) is 6.09. The molecular formula is C14H15N5. The van der Waals surface area contributed by atoms with Crippen LogP contribution < -0.4 is 5.32 Å². The summed E-state index contributed by atoms with van der Waals surface area (Å²) in [5.74, 6) is 0.837. The molecule has 5 heteroatoms. The van der Waals surface area contributed by atoms with Gasteiger partial charge in [0.25, 0.3) is 0 Å². The van der Waals surface area contributed by atoms with Crippen LogP contribution in [0.5, 0.6) is 0 Å². The number of nitrogens with one attached hydrogen (secondary N) is 1. The van der Waals surface area contributed by atoms with Crippen molar-refractivity contribution in [2.45, 2.75) is 20.4 Å². The SMILES string of the molecule is Cc1ccc(CNc2nccn3nc(C)cc23)cn1. The fourth-order valence-electron chi connectivity index (χ4n) is 1.97. The molecule has 0 radical (unpaired) electrons. The van der Waals surface area contributed by atoms with Gasteiger partial charge in [0, 0.05) is 30.8 Å². The lowest BCUT2D eigenvalue weighted by Gasteiger charge is -2.06. The van der Waals surface area contributed by atoms with Crippen LogP contribution in [-0.2, 0) is 6.54 Å². The molecule has 0 aliphatic rings. The van der Waals surface area contributed by atoms with Gasteiger partial charge in [-0.1, -0.05) is 6.07 Å². The molecule has 0 aliphatic carbocycles. The molecule has 0 aromatic carbocycles. The number of aromatic nitrogens is 4. The van der Waals surface area contributed by atoms with Gasteiger partial charge in [0.2, 0.25) is 0 Å². The van der Waals surface area contributed by atoms with E-state index in [0.717, 1.165) is 28.3 Å². The average Bonchev–Trinajstić information content (AvgIpc) is 2.79. The van der Waals surface area contributed by atoms with Gasteiger partial charge in [-0.25, -0.2) is 9.50 Å². The van der Waals surface area contributed by atoms with E-state index in [1.165, 1.54) is 0 Å². The first-order valence-corrected chi connectivity index (χ1v) is 6.19. The second-order valence-corrected chi connectivity index (χ2v) is 4.55. The molecule has 0 fully saturated rings. The topological polar surface area (TPSA) is 55.1 Å². The summed E-state index contributed by atoms with van der Waals surface area (Å²) in [5.41, 5.74) is 4.12. The highest BCUT2D eigenvalue weighted by Crippen LogP contribution is 2.15. The van der Waals surface area contributed by atoms with Crippen LogP contribution in [0, 0.1) is 13.8 Å². The molecule has 3 aromatic rings. The summed E-state index contributed by atoms with van der Waals surface area (Å²) in [4.78, 5) is 8.64. The number of rotatable bonds is 3. The van der Waals surface area contributed by atoms with Crippen molar-refractivity contribution in [3.63, 3.8) is 0 Å². The van der Waals surface area contributed by atoms with Crippen LogP contribution >= 0.6 is 0 Å². The number of nitrogens with zero attached hydrogens (tertiary/aromatic N) is 4. The summed E-state index contributed by atoms with van der Waals surface area (Å²) in [6.45, 7) is 4.65. The molecule has 0 saturated heterocycles. The van der Waals surface area contributed by atoms with Gasteiger partial charge >= 0.3 is 0 Å². The largest absolute Gasteiger partial charge is 0.364 e. The van der Waals surface area contributed by atoms with Gasteiger partial charge < -0.3 is 5.32 Å². The molecule has 96 valence electrons. The first kappa shape index (κ1) is 11.6. The van der Waals surface area contributed by atoms with E-state index in [9.17, 15) is 0 Å². The van der Waals surface area contributed by atoms with Gasteiger partial charge in [-0.2, -0.15) is 5.10 Å². The van der Waals surface area contributed by atoms with Crippen molar-refractivity contribution in [1.82, 2.24) is 19.6 Å². The second-order valence-electron chi connectivity index (χ2n) is 4.55. The van der Waals surface area contributed by atoms with E-state index in [2.05, 4.69) is 26.4 Å². The van der Waals surface area contributed by atoms with E-state index in [-0.39, 0.29) is 0 Å². The highest BCUT2D eigenvalue weighted by molar-refractivity contribution is 5.67. The molecule has 3 heterocycles. The minimum absolute atomic E-state index is 0.699. The Hall–Kier alpha value is -2.43. The zero-order chi connectivity index (χ0) is 13.2. The first-order valence-electron chi connectivity index (χ1n) is 6.19. The Balaban J connectivity index is 1.83. The smallest absolute Gasteiger partial charge is 0.152 e. The van der Waals surface area contributed by atoms with Crippen molar-refractivity contribution >= 4 is 11.3 Å². The van der Waals surface area contributed by atoms with Gasteiger partial charge in [-0.3, -0.25) is 4.98 Å². The Morgan fingerprint density at radius 2 is 2.05 bits per heavy atom. The molecule has 0 atom stereocenters. The molecule has 0 spiro atoms. The Labute approximate surface area is 111 Å². The number of anilines is 1. The van der Waals surface area contributed by atoms with E-state index in [4.69, 9.17) is 0 Å². The van der Waals surface area contributed by atoms with Gasteiger partial charge in [0.15, 0.2) is 5.82 Å². The van der Waals surface area contributed by atoms with Crippen molar-refractivity contribution in [3.8, 4) is 0 Å². The van der Waals surface area contributed by atoms with Crippen LogP contribution in [0.25, 0.3) is 5.52 Å². The third-order valence-electron chi connectivity index (χ3n) is 2.94. The maximum absolute atomic E-state index is 4.36. The Morgan fingerprint density at radius 3 is 2.84 bits per heavy atom. The van der Waals surface area contributed by atoms with E-state index in [0.29, 0.717) is 6.54 Å². The minimum atomic E-state index is 0.699. The highest BCUT2D eigenvalue weighted by atomic mass is 15.2. The predicted molar refractivity (Wildman–Crippen MR) is 74.0 cm³/mol. The highest BCUT2D eigenvalue weighted by Gasteiger charge is 2.04. The van der Waals surface area contributed by atoms with Gasteiger partial charge in [0.1, 0.15) is 5.52 Å². The zero-order valence-electron chi connectivity index (χ0n) is 11.0. The molecule has 0 bridgehead atoms. The van der Waals surface area contributed by atoms with Crippen LogP contribution in [0.2, 0.25) is 0 Å². The summed E-state index contributed by atoms with van der Waals surface area (Å²) in [5, 5.41) is 7.69. The predicted octanol–water partition coefficient (Wildman–Crippen LogP) is 2.35. The third kappa shape index (κ3) is 2.40. The lowest BCUT2D eigenvalue weighted by atomic mass is 10.2. The van der Waals surface area contributed by atoms with E-state index in [1.54, 1.807) is 6.20 Å². The van der Waals surface area contributed by atoms with Crippen molar-refractivity contribution in [2.75, 3.05) is 5.32 Å². The van der Waals surface area contributed by atoms with Crippen molar-refractivity contribution < 1.29 is 0 Å². The van der Waals surface area contributed by atoms with E-state index >= 15 is 0 Å². The third-order valence-corrected chi connectivity index (χ3v) is 2.94. The summed E-state index contributed by atoms with van der Waals surface area (Å²) >= 11 is 0. The summed E-state index contributed by atoms with van der Waals surface area (Å²) < 4.78 is 1.83. The maximum Gasteiger partial charge on any atom is 0.152 e. The average molecular weight is 253 g/mol. The molecule has 19 heavy (non-hydrogen) atoms. The molecule has 0 amide bonds. The molecule has 3 aromatic heterocycles. The Morgan fingerprint density at radius 1 is 1.16 bits per heavy atom. The monoisotopic (exact) mass is 253 g/mol. The van der Waals surface area contributed by atoms with Crippen LogP contribution in [-0.4, -0.2) is 19.6 Å². The summed E-state index contributed by atoms with van der Waals surface area (Å²) in [7, 11) is 0. The second kappa shape index (κ2) is 4.68. The Kier molecular flexibility index (Phi) is 2.87.